The van der Waals surface area contributed by atoms with Gasteiger partial charge in [0.1, 0.15) is 0 Å². The van der Waals surface area contributed by atoms with Crippen LogP contribution in [0.15, 0.2) is 0 Å². The van der Waals surface area contributed by atoms with E-state index in [9.17, 15) is 4.79 Å². The van der Waals surface area contributed by atoms with Crippen LogP contribution in [0.25, 0.3) is 0 Å². The lowest BCUT2D eigenvalue weighted by Gasteiger charge is -2.30. The number of primary amides is 1. The Balaban J connectivity index is 2.23. The summed E-state index contributed by atoms with van der Waals surface area (Å²) in [5.41, 5.74) is 5.23. The Morgan fingerprint density at radius 3 is 2.60 bits per heavy atom. The molecule has 0 bridgehead atoms. The third-order valence-electron chi connectivity index (χ3n) is 2.72. The van der Waals surface area contributed by atoms with Crippen molar-refractivity contribution in [1.82, 2.24) is 10.2 Å². The lowest BCUT2D eigenvalue weighted by Crippen LogP contribution is -2.45. The van der Waals surface area contributed by atoms with Crippen molar-refractivity contribution in [3.63, 3.8) is 0 Å². The van der Waals surface area contributed by atoms with Crippen LogP contribution in [0.5, 0.6) is 0 Å². The molecule has 0 aliphatic carbocycles. The Morgan fingerprint density at radius 2 is 2.20 bits per heavy atom. The third-order valence-corrected chi connectivity index (χ3v) is 2.72. The highest BCUT2D eigenvalue weighted by atomic mass is 16.1. The van der Waals surface area contributed by atoms with Gasteiger partial charge in [-0.05, 0) is 37.9 Å². The van der Waals surface area contributed by atoms with Crippen molar-refractivity contribution < 1.29 is 4.79 Å². The van der Waals surface area contributed by atoms with Gasteiger partial charge in [-0.15, -0.1) is 0 Å². The molecule has 0 aromatic carbocycles. The van der Waals surface area contributed by atoms with E-state index >= 15 is 0 Å². The van der Waals surface area contributed by atoms with Crippen molar-refractivity contribution in [1.29, 1.82) is 0 Å². The zero-order chi connectivity index (χ0) is 11.3. The van der Waals surface area contributed by atoms with Crippen molar-refractivity contribution in [3.05, 3.63) is 0 Å². The minimum atomic E-state index is -0.220. The maximum Gasteiger partial charge on any atom is 0.231 e. The Labute approximate surface area is 92.2 Å². The van der Waals surface area contributed by atoms with Gasteiger partial charge >= 0.3 is 0 Å². The second kappa shape index (κ2) is 6.08. The zero-order valence-corrected chi connectivity index (χ0v) is 9.83. The number of carbonyl (C=O) groups is 1. The highest BCUT2D eigenvalue weighted by molar-refractivity contribution is 5.75. The fourth-order valence-electron chi connectivity index (χ4n) is 1.89. The number of nitrogens with two attached hydrogens (primary N) is 1. The molecule has 0 atom stereocenters. The fourth-order valence-corrected chi connectivity index (χ4v) is 1.89. The number of hydrogen-bond donors (Lipinski definition) is 2. The number of nitrogens with one attached hydrogen (secondary N) is 1. The topological polar surface area (TPSA) is 58.4 Å². The quantitative estimate of drug-likeness (QED) is 0.628. The molecule has 0 radical (unpaired) electrons. The van der Waals surface area contributed by atoms with Crippen LogP contribution >= 0.6 is 0 Å². The van der Waals surface area contributed by atoms with E-state index in [-0.39, 0.29) is 5.91 Å². The monoisotopic (exact) mass is 213 g/mol. The van der Waals surface area contributed by atoms with Gasteiger partial charge in [-0.2, -0.15) is 0 Å². The highest BCUT2D eigenvalue weighted by Crippen LogP contribution is 2.10. The van der Waals surface area contributed by atoms with E-state index in [2.05, 4.69) is 24.1 Å². The second-order valence-electron chi connectivity index (χ2n) is 4.91. The van der Waals surface area contributed by atoms with Crippen LogP contribution in [0, 0.1) is 11.8 Å². The van der Waals surface area contributed by atoms with E-state index in [1.54, 1.807) is 0 Å². The molecule has 1 aliphatic heterocycles. The van der Waals surface area contributed by atoms with Crippen LogP contribution in [0.1, 0.15) is 20.3 Å². The molecule has 1 rings (SSSR count). The molecule has 3 N–H and O–H groups in total. The van der Waals surface area contributed by atoms with Crippen LogP contribution in [-0.4, -0.2) is 43.5 Å². The van der Waals surface area contributed by atoms with Crippen LogP contribution in [-0.2, 0) is 4.79 Å². The lowest BCUT2D eigenvalue weighted by atomic mass is 9.99. The van der Waals surface area contributed by atoms with E-state index < -0.39 is 0 Å². The molecule has 0 aromatic heterocycles. The first kappa shape index (κ1) is 12.5. The molecule has 0 saturated carbocycles. The Morgan fingerprint density at radius 1 is 1.53 bits per heavy atom. The second-order valence-corrected chi connectivity index (χ2v) is 4.91. The fraction of sp³-hybridized carbons (Fsp3) is 0.909. The average molecular weight is 213 g/mol. The first-order chi connectivity index (χ1) is 7.08. The van der Waals surface area contributed by atoms with Crippen molar-refractivity contribution in [2.75, 3.05) is 32.7 Å². The summed E-state index contributed by atoms with van der Waals surface area (Å²) < 4.78 is 0. The molecular weight excluding hydrogens is 190 g/mol. The van der Waals surface area contributed by atoms with Crippen LogP contribution in [0.3, 0.4) is 0 Å². The standard InChI is InChI=1S/C11H23N3O/c1-9(2)7-14(8-11(12)15)4-3-10-5-13-6-10/h9-10,13H,3-8H2,1-2H3,(H2,12,15). The Kier molecular flexibility index (Phi) is 5.05. The number of amides is 1. The van der Waals surface area contributed by atoms with E-state index in [4.69, 9.17) is 5.73 Å². The molecule has 15 heavy (non-hydrogen) atoms. The van der Waals surface area contributed by atoms with Crippen LogP contribution in [0.2, 0.25) is 0 Å². The summed E-state index contributed by atoms with van der Waals surface area (Å²) in [7, 11) is 0. The lowest BCUT2D eigenvalue weighted by molar-refractivity contribution is -0.119. The van der Waals surface area contributed by atoms with Gasteiger partial charge in [0, 0.05) is 6.54 Å². The summed E-state index contributed by atoms with van der Waals surface area (Å²) in [6.45, 7) is 8.95. The molecular formula is C11H23N3O. The summed E-state index contributed by atoms with van der Waals surface area (Å²) in [5.74, 6) is 1.17. The summed E-state index contributed by atoms with van der Waals surface area (Å²) in [4.78, 5) is 13.1. The first-order valence-corrected chi connectivity index (χ1v) is 5.79. The van der Waals surface area contributed by atoms with Gasteiger partial charge in [-0.1, -0.05) is 13.8 Å². The minimum Gasteiger partial charge on any atom is -0.369 e. The predicted octanol–water partition coefficient (Wildman–Crippen LogP) is 0.0392. The van der Waals surface area contributed by atoms with Gasteiger partial charge in [0.2, 0.25) is 5.91 Å². The summed E-state index contributed by atoms with van der Waals surface area (Å²) in [6.07, 6.45) is 1.17. The van der Waals surface area contributed by atoms with Crippen molar-refractivity contribution >= 4 is 5.91 Å². The molecule has 1 saturated heterocycles. The van der Waals surface area contributed by atoms with Crippen LogP contribution in [0.4, 0.5) is 0 Å². The third kappa shape index (κ3) is 5.14. The number of hydrogen-bond acceptors (Lipinski definition) is 3. The molecule has 88 valence electrons. The molecule has 1 amide bonds. The molecule has 1 aliphatic rings. The normalized spacial score (nSPS) is 17.1. The van der Waals surface area contributed by atoms with Gasteiger partial charge < -0.3 is 11.1 Å². The first-order valence-electron chi connectivity index (χ1n) is 5.79. The van der Waals surface area contributed by atoms with E-state index in [0.29, 0.717) is 12.5 Å². The minimum absolute atomic E-state index is 0.220. The van der Waals surface area contributed by atoms with Gasteiger partial charge in [0.05, 0.1) is 6.54 Å². The van der Waals surface area contributed by atoms with E-state index in [1.807, 2.05) is 0 Å². The average Bonchev–Trinajstić information content (AvgIpc) is 1.98. The number of nitrogens with zero attached hydrogens (tertiary/aromatic N) is 1. The zero-order valence-electron chi connectivity index (χ0n) is 9.83. The van der Waals surface area contributed by atoms with Crippen molar-refractivity contribution in [3.8, 4) is 0 Å². The molecule has 1 fully saturated rings. The Bertz CT molecular complexity index is 202. The predicted molar refractivity (Wildman–Crippen MR) is 61.4 cm³/mol. The van der Waals surface area contributed by atoms with E-state index in [1.165, 1.54) is 6.42 Å². The molecule has 4 nitrogen and oxygen atoms in total. The smallest absolute Gasteiger partial charge is 0.231 e. The Hall–Kier alpha value is -0.610. The van der Waals surface area contributed by atoms with Gasteiger partial charge in [0.15, 0.2) is 0 Å². The highest BCUT2D eigenvalue weighted by Gasteiger charge is 2.18. The summed E-state index contributed by atoms with van der Waals surface area (Å²) in [6, 6.07) is 0. The van der Waals surface area contributed by atoms with Crippen molar-refractivity contribution in [2.24, 2.45) is 17.6 Å². The largest absolute Gasteiger partial charge is 0.369 e. The molecule has 4 heteroatoms. The van der Waals surface area contributed by atoms with Crippen LogP contribution < -0.4 is 11.1 Å². The van der Waals surface area contributed by atoms with Gasteiger partial charge in [-0.25, -0.2) is 0 Å². The summed E-state index contributed by atoms with van der Waals surface area (Å²) >= 11 is 0. The number of rotatable bonds is 7. The summed E-state index contributed by atoms with van der Waals surface area (Å²) in [5, 5.41) is 3.26. The molecule has 0 aromatic rings. The number of carbonyl (C=O) groups excluding carboxylic acids is 1. The molecule has 0 spiro atoms. The maximum atomic E-state index is 10.9. The maximum absolute atomic E-state index is 10.9. The SMILES string of the molecule is CC(C)CN(CCC1CNC1)CC(N)=O. The van der Waals surface area contributed by atoms with Gasteiger partial charge in [0.25, 0.3) is 0 Å². The molecule has 1 heterocycles. The van der Waals surface area contributed by atoms with E-state index in [0.717, 1.165) is 32.1 Å². The van der Waals surface area contributed by atoms with Crippen molar-refractivity contribution in [2.45, 2.75) is 20.3 Å². The molecule has 0 unspecified atom stereocenters. The van der Waals surface area contributed by atoms with Gasteiger partial charge in [-0.3, -0.25) is 9.69 Å².